The third kappa shape index (κ3) is 3.52. The topological polar surface area (TPSA) is 111 Å². The van der Waals surface area contributed by atoms with Gasteiger partial charge in [0.15, 0.2) is 0 Å². The number of rotatable bonds is 4. The number of hydrogen-bond donors (Lipinski definition) is 1. The first-order valence-corrected chi connectivity index (χ1v) is 7.41. The SMILES string of the molecule is Cc1ccc(C)c(-c2nnc(NC(=O)c3ccc([N+](=O)[O-])cc3)o2)c1. The molecule has 1 heterocycles. The number of nitro benzene ring substituents is 1. The van der Waals surface area contributed by atoms with Crippen LogP contribution in [-0.4, -0.2) is 21.0 Å². The Hall–Kier alpha value is -3.55. The fourth-order valence-electron chi connectivity index (χ4n) is 2.25. The normalized spacial score (nSPS) is 10.5. The summed E-state index contributed by atoms with van der Waals surface area (Å²) in [6.45, 7) is 3.88. The lowest BCUT2D eigenvalue weighted by Gasteiger charge is -2.02. The van der Waals surface area contributed by atoms with Gasteiger partial charge in [0.1, 0.15) is 0 Å². The highest BCUT2D eigenvalue weighted by molar-refractivity contribution is 6.03. The summed E-state index contributed by atoms with van der Waals surface area (Å²) >= 11 is 0. The number of anilines is 1. The molecule has 0 bridgehead atoms. The molecule has 0 spiro atoms. The predicted octanol–water partition coefficient (Wildman–Crippen LogP) is 3.51. The number of carbonyl (C=O) groups is 1. The Bertz CT molecular complexity index is 948. The van der Waals surface area contributed by atoms with Crippen molar-refractivity contribution in [3.63, 3.8) is 0 Å². The lowest BCUT2D eigenvalue weighted by Crippen LogP contribution is -2.12. The number of hydrogen-bond acceptors (Lipinski definition) is 6. The number of nitro groups is 1. The van der Waals surface area contributed by atoms with E-state index in [0.717, 1.165) is 16.7 Å². The molecule has 2 aromatic carbocycles. The van der Waals surface area contributed by atoms with Gasteiger partial charge in [0, 0.05) is 23.3 Å². The molecule has 0 aliphatic heterocycles. The maximum atomic E-state index is 12.2. The van der Waals surface area contributed by atoms with Gasteiger partial charge < -0.3 is 4.42 Å². The van der Waals surface area contributed by atoms with Crippen LogP contribution in [0, 0.1) is 24.0 Å². The van der Waals surface area contributed by atoms with Crippen LogP contribution >= 0.6 is 0 Å². The Balaban J connectivity index is 1.78. The second-order valence-corrected chi connectivity index (χ2v) is 5.49. The molecular weight excluding hydrogens is 324 g/mol. The molecule has 0 aliphatic carbocycles. The Labute approximate surface area is 142 Å². The highest BCUT2D eigenvalue weighted by atomic mass is 16.6. The maximum Gasteiger partial charge on any atom is 0.322 e. The van der Waals surface area contributed by atoms with Gasteiger partial charge in [0.05, 0.1) is 4.92 Å². The molecule has 1 aromatic heterocycles. The van der Waals surface area contributed by atoms with Crippen molar-refractivity contribution in [3.8, 4) is 11.5 Å². The van der Waals surface area contributed by atoms with E-state index < -0.39 is 10.8 Å². The smallest absolute Gasteiger partial charge is 0.322 e. The second kappa shape index (κ2) is 6.52. The summed E-state index contributed by atoms with van der Waals surface area (Å²) in [5.74, 6) is -0.189. The number of nitrogens with zero attached hydrogens (tertiary/aromatic N) is 3. The zero-order valence-electron chi connectivity index (χ0n) is 13.5. The Morgan fingerprint density at radius 2 is 1.84 bits per heavy atom. The van der Waals surface area contributed by atoms with E-state index in [1.165, 1.54) is 24.3 Å². The van der Waals surface area contributed by atoms with Crippen LogP contribution in [0.25, 0.3) is 11.5 Å². The van der Waals surface area contributed by atoms with Crippen molar-refractivity contribution in [3.05, 3.63) is 69.3 Å². The van der Waals surface area contributed by atoms with Gasteiger partial charge in [0.2, 0.25) is 5.89 Å². The van der Waals surface area contributed by atoms with Crippen molar-refractivity contribution in [1.82, 2.24) is 10.2 Å². The van der Waals surface area contributed by atoms with Gasteiger partial charge in [0.25, 0.3) is 11.6 Å². The van der Waals surface area contributed by atoms with Crippen molar-refractivity contribution in [1.29, 1.82) is 0 Å². The number of carbonyl (C=O) groups excluding carboxylic acids is 1. The van der Waals surface area contributed by atoms with Crippen LogP contribution in [-0.2, 0) is 0 Å². The minimum atomic E-state index is -0.532. The minimum absolute atomic E-state index is 0.0424. The van der Waals surface area contributed by atoms with Crippen molar-refractivity contribution < 1.29 is 14.1 Å². The molecule has 1 N–H and O–H groups in total. The minimum Gasteiger partial charge on any atom is -0.403 e. The van der Waals surface area contributed by atoms with Crippen LogP contribution in [0.15, 0.2) is 46.9 Å². The molecule has 0 atom stereocenters. The number of aryl methyl sites for hydroxylation is 2. The van der Waals surface area contributed by atoms with Crippen LogP contribution < -0.4 is 5.32 Å². The summed E-state index contributed by atoms with van der Waals surface area (Å²) in [4.78, 5) is 22.3. The summed E-state index contributed by atoms with van der Waals surface area (Å²) in [6, 6.07) is 11.0. The third-order valence-corrected chi connectivity index (χ3v) is 3.61. The molecule has 25 heavy (non-hydrogen) atoms. The molecule has 0 saturated carbocycles. The molecule has 3 aromatic rings. The highest BCUT2D eigenvalue weighted by Crippen LogP contribution is 2.24. The lowest BCUT2D eigenvalue weighted by molar-refractivity contribution is -0.384. The monoisotopic (exact) mass is 338 g/mol. The zero-order valence-corrected chi connectivity index (χ0v) is 13.5. The van der Waals surface area contributed by atoms with Crippen LogP contribution in [0.5, 0.6) is 0 Å². The Kier molecular flexibility index (Phi) is 4.25. The summed E-state index contributed by atoms with van der Waals surface area (Å²) in [5, 5.41) is 20.9. The van der Waals surface area contributed by atoms with E-state index in [0.29, 0.717) is 5.89 Å². The van der Waals surface area contributed by atoms with Crippen LogP contribution in [0.4, 0.5) is 11.7 Å². The molecule has 1 amide bonds. The van der Waals surface area contributed by atoms with E-state index in [1.807, 2.05) is 32.0 Å². The van der Waals surface area contributed by atoms with Gasteiger partial charge in [-0.1, -0.05) is 22.8 Å². The molecule has 0 saturated heterocycles. The standard InChI is InChI=1S/C17H14N4O4/c1-10-3-4-11(2)14(9-10)16-19-20-17(25-16)18-15(22)12-5-7-13(8-6-12)21(23)24/h3-9H,1-2H3,(H,18,20,22). The van der Waals surface area contributed by atoms with Crippen LogP contribution in [0.3, 0.4) is 0 Å². The van der Waals surface area contributed by atoms with E-state index in [4.69, 9.17) is 4.42 Å². The molecule has 0 radical (unpaired) electrons. The van der Waals surface area contributed by atoms with Gasteiger partial charge in [-0.05, 0) is 37.6 Å². The molecule has 0 aliphatic rings. The first-order chi connectivity index (χ1) is 11.9. The Morgan fingerprint density at radius 3 is 2.52 bits per heavy atom. The summed E-state index contributed by atoms with van der Waals surface area (Å²) in [5.41, 5.74) is 2.98. The van der Waals surface area contributed by atoms with Gasteiger partial charge in [-0.25, -0.2) is 0 Å². The van der Waals surface area contributed by atoms with E-state index in [2.05, 4.69) is 15.5 Å². The van der Waals surface area contributed by atoms with E-state index >= 15 is 0 Å². The predicted molar refractivity (Wildman–Crippen MR) is 90.3 cm³/mol. The fourth-order valence-corrected chi connectivity index (χ4v) is 2.25. The number of non-ortho nitro benzene ring substituents is 1. The molecule has 126 valence electrons. The van der Waals surface area contributed by atoms with Crippen molar-refractivity contribution in [2.45, 2.75) is 13.8 Å². The quantitative estimate of drug-likeness (QED) is 0.575. The number of nitrogens with one attached hydrogen (secondary N) is 1. The van der Waals surface area contributed by atoms with Crippen molar-refractivity contribution >= 4 is 17.6 Å². The van der Waals surface area contributed by atoms with Gasteiger partial charge in [-0.15, -0.1) is 5.10 Å². The van der Waals surface area contributed by atoms with E-state index in [-0.39, 0.29) is 17.3 Å². The fraction of sp³-hybridized carbons (Fsp3) is 0.118. The summed E-state index contributed by atoms with van der Waals surface area (Å²) in [6.07, 6.45) is 0. The Morgan fingerprint density at radius 1 is 1.12 bits per heavy atom. The van der Waals surface area contributed by atoms with Gasteiger partial charge >= 0.3 is 6.01 Å². The highest BCUT2D eigenvalue weighted by Gasteiger charge is 2.15. The second-order valence-electron chi connectivity index (χ2n) is 5.49. The van der Waals surface area contributed by atoms with E-state index in [9.17, 15) is 14.9 Å². The van der Waals surface area contributed by atoms with Crippen LogP contribution in [0.1, 0.15) is 21.5 Å². The molecule has 8 nitrogen and oxygen atoms in total. The molecule has 0 unspecified atom stereocenters. The summed E-state index contributed by atoms with van der Waals surface area (Å²) in [7, 11) is 0. The molecular formula is C17H14N4O4. The van der Waals surface area contributed by atoms with Crippen molar-refractivity contribution in [2.75, 3.05) is 5.32 Å². The number of aromatic nitrogens is 2. The molecule has 0 fully saturated rings. The number of benzene rings is 2. The lowest BCUT2D eigenvalue weighted by atomic mass is 10.1. The van der Waals surface area contributed by atoms with E-state index in [1.54, 1.807) is 0 Å². The zero-order chi connectivity index (χ0) is 18.0. The van der Waals surface area contributed by atoms with Crippen LogP contribution in [0.2, 0.25) is 0 Å². The van der Waals surface area contributed by atoms with Crippen molar-refractivity contribution in [2.24, 2.45) is 0 Å². The first kappa shape index (κ1) is 16.3. The van der Waals surface area contributed by atoms with Gasteiger partial charge in [-0.2, -0.15) is 0 Å². The maximum absolute atomic E-state index is 12.2. The average molecular weight is 338 g/mol. The third-order valence-electron chi connectivity index (χ3n) is 3.61. The number of amides is 1. The summed E-state index contributed by atoms with van der Waals surface area (Å²) < 4.78 is 5.50. The molecule has 8 heteroatoms. The first-order valence-electron chi connectivity index (χ1n) is 7.41. The largest absolute Gasteiger partial charge is 0.403 e. The van der Waals surface area contributed by atoms with Gasteiger partial charge in [-0.3, -0.25) is 20.2 Å². The average Bonchev–Trinajstić information content (AvgIpc) is 3.05. The molecule has 3 rings (SSSR count).